The molecule has 1 aromatic carbocycles. The van der Waals surface area contributed by atoms with Gasteiger partial charge in [0.1, 0.15) is 11.5 Å². The van der Waals surface area contributed by atoms with Crippen molar-refractivity contribution in [3.05, 3.63) is 82.3 Å². The summed E-state index contributed by atoms with van der Waals surface area (Å²) in [4.78, 5) is 44.4. The monoisotopic (exact) mass is 461 g/mol. The van der Waals surface area contributed by atoms with Gasteiger partial charge in [-0.2, -0.15) is 5.10 Å². The number of nitrogens with two attached hydrogens (primary N) is 2. The number of halogens is 1. The van der Waals surface area contributed by atoms with Gasteiger partial charge in [0, 0.05) is 11.6 Å². The molecule has 3 heterocycles. The number of amides is 3. The summed E-state index contributed by atoms with van der Waals surface area (Å²) in [7, 11) is 0. The van der Waals surface area contributed by atoms with E-state index in [1.807, 2.05) is 0 Å². The number of nitrogens with one attached hydrogen (secondary N) is 1. The predicted molar refractivity (Wildman–Crippen MR) is 122 cm³/mol. The van der Waals surface area contributed by atoms with Crippen LogP contribution in [0.4, 0.5) is 10.1 Å². The van der Waals surface area contributed by atoms with E-state index in [0.717, 1.165) is 0 Å². The third kappa shape index (κ3) is 4.31. The van der Waals surface area contributed by atoms with Crippen LogP contribution in [0.3, 0.4) is 0 Å². The van der Waals surface area contributed by atoms with Crippen molar-refractivity contribution < 1.29 is 18.8 Å². The maximum atomic E-state index is 13.9. The van der Waals surface area contributed by atoms with E-state index in [1.54, 1.807) is 30.7 Å². The van der Waals surface area contributed by atoms with Gasteiger partial charge in [-0.1, -0.05) is 0 Å². The lowest BCUT2D eigenvalue weighted by Gasteiger charge is -2.10. The highest BCUT2D eigenvalue weighted by Crippen LogP contribution is 2.24. The van der Waals surface area contributed by atoms with E-state index in [4.69, 9.17) is 11.5 Å². The molecule has 0 saturated heterocycles. The van der Waals surface area contributed by atoms with Gasteiger partial charge in [-0.25, -0.2) is 9.37 Å². The van der Waals surface area contributed by atoms with Crippen LogP contribution >= 0.6 is 0 Å². The van der Waals surface area contributed by atoms with Gasteiger partial charge in [-0.05, 0) is 50.2 Å². The molecule has 0 saturated carbocycles. The summed E-state index contributed by atoms with van der Waals surface area (Å²) in [6.07, 6.45) is 1.38. The summed E-state index contributed by atoms with van der Waals surface area (Å²) in [6.45, 7) is 3.78. The van der Waals surface area contributed by atoms with Crippen LogP contribution in [-0.4, -0.2) is 37.5 Å². The normalized spacial score (nSPS) is 10.9. The highest BCUT2D eigenvalue weighted by atomic mass is 19.1. The van der Waals surface area contributed by atoms with Crippen molar-refractivity contribution in [2.45, 2.75) is 20.4 Å². The Labute approximate surface area is 192 Å². The molecule has 0 aliphatic carbocycles. The number of carbonyl (C=O) groups is 3. The molecule has 0 unspecified atom stereocenters. The van der Waals surface area contributed by atoms with Crippen LogP contribution in [0.15, 0.2) is 42.6 Å². The number of aromatic nitrogens is 4. The van der Waals surface area contributed by atoms with Crippen LogP contribution in [0.2, 0.25) is 0 Å². The van der Waals surface area contributed by atoms with Crippen molar-refractivity contribution in [2.75, 3.05) is 5.32 Å². The minimum Gasteiger partial charge on any atom is -0.366 e. The fraction of sp³-hybridized carbons (Fsp3) is 0.130. The average Bonchev–Trinajstić information content (AvgIpc) is 3.05. The Morgan fingerprint density at radius 1 is 1.06 bits per heavy atom. The number of hydrogen-bond acceptors (Lipinski definition) is 6. The number of fused-ring (bicyclic) bond motifs is 1. The van der Waals surface area contributed by atoms with Crippen LogP contribution in [-0.2, 0) is 6.54 Å². The Balaban J connectivity index is 1.66. The molecule has 0 bridgehead atoms. The zero-order valence-corrected chi connectivity index (χ0v) is 18.3. The van der Waals surface area contributed by atoms with Crippen molar-refractivity contribution in [1.29, 1.82) is 0 Å². The number of rotatable bonds is 6. The first-order chi connectivity index (χ1) is 16.1. The van der Waals surface area contributed by atoms with E-state index in [0.29, 0.717) is 28.3 Å². The van der Waals surface area contributed by atoms with Crippen LogP contribution in [0.25, 0.3) is 10.9 Å². The first kappa shape index (κ1) is 22.5. The SMILES string of the molecule is Cc1nn(Cc2ccc(C(N)=O)cn2)c(C)c1NC(=O)c1cc(C(N)=O)nc2ccc(F)cc12. The molecule has 5 N–H and O–H groups in total. The number of aryl methyl sites for hydroxylation is 1. The second kappa shape index (κ2) is 8.70. The number of carbonyl (C=O) groups excluding carboxylic acids is 3. The number of benzene rings is 1. The topological polar surface area (TPSA) is 159 Å². The Morgan fingerprint density at radius 3 is 2.47 bits per heavy atom. The van der Waals surface area contributed by atoms with E-state index in [9.17, 15) is 18.8 Å². The van der Waals surface area contributed by atoms with E-state index in [1.165, 1.54) is 30.5 Å². The summed E-state index contributed by atoms with van der Waals surface area (Å²) < 4.78 is 15.5. The van der Waals surface area contributed by atoms with Crippen LogP contribution in [0.5, 0.6) is 0 Å². The fourth-order valence-corrected chi connectivity index (χ4v) is 3.54. The number of nitrogens with zero attached hydrogens (tertiary/aromatic N) is 4. The molecule has 3 amide bonds. The van der Waals surface area contributed by atoms with Crippen molar-refractivity contribution in [3.8, 4) is 0 Å². The van der Waals surface area contributed by atoms with Crippen LogP contribution in [0, 0.1) is 19.7 Å². The second-order valence-electron chi connectivity index (χ2n) is 7.64. The van der Waals surface area contributed by atoms with E-state index in [-0.39, 0.29) is 28.7 Å². The fourth-order valence-electron chi connectivity index (χ4n) is 3.54. The maximum absolute atomic E-state index is 13.9. The molecule has 11 heteroatoms. The molecule has 3 aromatic heterocycles. The van der Waals surface area contributed by atoms with Crippen molar-refractivity contribution in [3.63, 3.8) is 0 Å². The lowest BCUT2D eigenvalue weighted by Crippen LogP contribution is -2.18. The smallest absolute Gasteiger partial charge is 0.267 e. The van der Waals surface area contributed by atoms with Crippen molar-refractivity contribution >= 4 is 34.3 Å². The highest BCUT2D eigenvalue weighted by Gasteiger charge is 2.20. The summed E-state index contributed by atoms with van der Waals surface area (Å²) in [6, 6.07) is 8.20. The van der Waals surface area contributed by atoms with Gasteiger partial charge in [0.25, 0.3) is 11.8 Å². The molecule has 0 fully saturated rings. The molecule has 0 aliphatic heterocycles. The number of anilines is 1. The number of hydrogen-bond donors (Lipinski definition) is 3. The van der Waals surface area contributed by atoms with Crippen LogP contribution < -0.4 is 16.8 Å². The Kier molecular flexibility index (Phi) is 5.76. The predicted octanol–water partition coefficient (Wildman–Crippen LogP) is 2.08. The van der Waals surface area contributed by atoms with E-state index >= 15 is 0 Å². The molecule has 4 rings (SSSR count). The van der Waals surface area contributed by atoms with Gasteiger partial charge in [0.05, 0.1) is 46.0 Å². The third-order valence-electron chi connectivity index (χ3n) is 5.31. The molecule has 0 radical (unpaired) electrons. The minimum absolute atomic E-state index is 0.0496. The van der Waals surface area contributed by atoms with Gasteiger partial charge in [-0.3, -0.25) is 24.0 Å². The van der Waals surface area contributed by atoms with Gasteiger partial charge < -0.3 is 16.8 Å². The summed E-state index contributed by atoms with van der Waals surface area (Å²) in [5.41, 5.74) is 13.4. The molecular weight excluding hydrogens is 441 g/mol. The summed E-state index contributed by atoms with van der Waals surface area (Å²) >= 11 is 0. The molecular formula is C23H20FN7O3. The third-order valence-corrected chi connectivity index (χ3v) is 5.31. The molecule has 0 spiro atoms. The molecule has 0 atom stereocenters. The number of primary amides is 2. The first-order valence-electron chi connectivity index (χ1n) is 10.1. The Bertz CT molecular complexity index is 1460. The highest BCUT2D eigenvalue weighted by molar-refractivity contribution is 6.14. The Morgan fingerprint density at radius 2 is 1.82 bits per heavy atom. The largest absolute Gasteiger partial charge is 0.366 e. The van der Waals surface area contributed by atoms with Crippen LogP contribution in [0.1, 0.15) is 48.3 Å². The first-order valence-corrected chi connectivity index (χ1v) is 10.1. The Hall–Kier alpha value is -4.67. The van der Waals surface area contributed by atoms with Gasteiger partial charge in [0.15, 0.2) is 0 Å². The summed E-state index contributed by atoms with van der Waals surface area (Å²) in [5.74, 6) is -2.51. The zero-order valence-electron chi connectivity index (χ0n) is 18.3. The summed E-state index contributed by atoms with van der Waals surface area (Å²) in [5, 5.41) is 7.49. The molecule has 0 aliphatic rings. The average molecular weight is 461 g/mol. The number of pyridine rings is 2. The van der Waals surface area contributed by atoms with Crippen molar-refractivity contribution in [2.24, 2.45) is 11.5 Å². The van der Waals surface area contributed by atoms with Crippen molar-refractivity contribution in [1.82, 2.24) is 19.7 Å². The lowest BCUT2D eigenvalue weighted by atomic mass is 10.1. The maximum Gasteiger partial charge on any atom is 0.267 e. The zero-order chi connectivity index (χ0) is 24.6. The lowest BCUT2D eigenvalue weighted by molar-refractivity contribution is 0.0988. The van der Waals surface area contributed by atoms with Gasteiger partial charge in [-0.15, -0.1) is 0 Å². The van der Waals surface area contributed by atoms with Gasteiger partial charge in [0.2, 0.25) is 5.91 Å². The molecule has 4 aromatic rings. The molecule has 172 valence electrons. The minimum atomic E-state index is -0.810. The molecule has 34 heavy (non-hydrogen) atoms. The van der Waals surface area contributed by atoms with E-state index < -0.39 is 23.5 Å². The van der Waals surface area contributed by atoms with E-state index in [2.05, 4.69) is 20.4 Å². The second-order valence-corrected chi connectivity index (χ2v) is 7.64. The standard InChI is InChI=1S/C23H20FN7O3/c1-11-20(12(2)31(30-11)10-15-5-3-13(9-27-15)21(25)32)29-23(34)17-8-19(22(26)33)28-18-6-4-14(24)7-16(17)18/h3-9H,10H2,1-2H3,(H2,25,32)(H2,26,33)(H,29,34). The quantitative estimate of drug-likeness (QED) is 0.399. The molecule has 10 nitrogen and oxygen atoms in total. The van der Waals surface area contributed by atoms with Gasteiger partial charge >= 0.3 is 0 Å².